The quantitative estimate of drug-likeness (QED) is 0.785. The second-order valence-electron chi connectivity index (χ2n) is 5.86. The first kappa shape index (κ1) is 14.8. The highest BCUT2D eigenvalue weighted by atomic mass is 15.2. The van der Waals surface area contributed by atoms with Crippen LogP contribution in [0.3, 0.4) is 0 Å². The molecule has 0 amide bonds. The van der Waals surface area contributed by atoms with Crippen LogP contribution in [0.4, 0.5) is 0 Å². The van der Waals surface area contributed by atoms with Gasteiger partial charge < -0.3 is 5.32 Å². The lowest BCUT2D eigenvalue weighted by Crippen LogP contribution is -2.16. The van der Waals surface area contributed by atoms with Crippen molar-refractivity contribution in [1.82, 2.24) is 15.1 Å². The van der Waals surface area contributed by atoms with Gasteiger partial charge in [-0.3, -0.25) is 4.68 Å². The molecule has 0 unspecified atom stereocenters. The summed E-state index contributed by atoms with van der Waals surface area (Å²) in [5, 5.41) is 7.66. The molecule has 2 rings (SSSR count). The van der Waals surface area contributed by atoms with Crippen LogP contribution in [0.15, 0.2) is 36.7 Å². The molecule has 0 aliphatic carbocycles. The van der Waals surface area contributed by atoms with E-state index in [1.54, 1.807) is 0 Å². The minimum atomic E-state index is 0.721. The van der Waals surface area contributed by atoms with E-state index in [0.717, 1.165) is 31.8 Å². The van der Waals surface area contributed by atoms with Gasteiger partial charge in [-0.05, 0) is 42.0 Å². The molecule has 0 fully saturated rings. The van der Waals surface area contributed by atoms with Crippen LogP contribution in [0.1, 0.15) is 30.5 Å². The second kappa shape index (κ2) is 7.25. The van der Waals surface area contributed by atoms with E-state index in [1.165, 1.54) is 16.7 Å². The Labute approximate surface area is 122 Å². The van der Waals surface area contributed by atoms with Gasteiger partial charge in [0.15, 0.2) is 0 Å². The van der Waals surface area contributed by atoms with Gasteiger partial charge in [0.1, 0.15) is 0 Å². The van der Waals surface area contributed by atoms with Crippen LogP contribution in [0.5, 0.6) is 0 Å². The van der Waals surface area contributed by atoms with Gasteiger partial charge in [0.05, 0.1) is 6.20 Å². The molecule has 0 atom stereocenters. The fraction of sp³-hybridized carbons (Fsp3) is 0.471. The van der Waals surface area contributed by atoms with Gasteiger partial charge in [-0.1, -0.05) is 38.1 Å². The highest BCUT2D eigenvalue weighted by molar-refractivity contribution is 5.22. The molecule has 0 bridgehead atoms. The lowest BCUT2D eigenvalue weighted by Gasteiger charge is -2.07. The first-order valence-electron chi connectivity index (χ1n) is 7.39. The van der Waals surface area contributed by atoms with Crippen molar-refractivity contribution < 1.29 is 0 Å². The molecule has 0 radical (unpaired) electrons. The second-order valence-corrected chi connectivity index (χ2v) is 5.86. The van der Waals surface area contributed by atoms with Crippen molar-refractivity contribution >= 4 is 0 Å². The molecule has 1 N–H and O–H groups in total. The van der Waals surface area contributed by atoms with Gasteiger partial charge in [0.25, 0.3) is 0 Å². The third-order valence-electron chi connectivity index (χ3n) is 3.34. The number of nitrogens with zero attached hydrogens (tertiary/aromatic N) is 2. The van der Waals surface area contributed by atoms with Crippen molar-refractivity contribution in [3.8, 4) is 0 Å². The minimum absolute atomic E-state index is 0.721. The molecule has 1 aromatic carbocycles. The Morgan fingerprint density at radius 2 is 1.80 bits per heavy atom. The largest absolute Gasteiger partial charge is 0.312 e. The third kappa shape index (κ3) is 4.82. The van der Waals surface area contributed by atoms with Crippen molar-refractivity contribution in [3.63, 3.8) is 0 Å². The van der Waals surface area contributed by atoms with E-state index in [0.29, 0.717) is 0 Å². The van der Waals surface area contributed by atoms with Crippen LogP contribution < -0.4 is 5.32 Å². The Bertz CT molecular complexity index is 511. The van der Waals surface area contributed by atoms with Crippen LogP contribution in [-0.4, -0.2) is 16.3 Å². The first-order chi connectivity index (χ1) is 9.63. The summed E-state index contributed by atoms with van der Waals surface area (Å²) in [4.78, 5) is 0. The topological polar surface area (TPSA) is 29.9 Å². The predicted molar refractivity (Wildman–Crippen MR) is 83.6 cm³/mol. The van der Waals surface area contributed by atoms with Crippen molar-refractivity contribution in [2.24, 2.45) is 13.0 Å². The van der Waals surface area contributed by atoms with Gasteiger partial charge in [-0.2, -0.15) is 5.10 Å². The SMILES string of the molecule is CC(C)Cc1ccc(CNCCc2cnn(C)c2)cc1. The van der Waals surface area contributed by atoms with E-state index in [2.05, 4.69) is 54.7 Å². The van der Waals surface area contributed by atoms with E-state index in [-0.39, 0.29) is 0 Å². The van der Waals surface area contributed by atoms with Crippen molar-refractivity contribution in [3.05, 3.63) is 53.3 Å². The molecular weight excluding hydrogens is 246 g/mol. The monoisotopic (exact) mass is 271 g/mol. The van der Waals surface area contributed by atoms with Gasteiger partial charge in [0, 0.05) is 19.8 Å². The Balaban J connectivity index is 1.71. The Hall–Kier alpha value is -1.61. The average molecular weight is 271 g/mol. The first-order valence-corrected chi connectivity index (χ1v) is 7.39. The summed E-state index contributed by atoms with van der Waals surface area (Å²) in [6, 6.07) is 8.96. The summed E-state index contributed by atoms with van der Waals surface area (Å²) >= 11 is 0. The number of aromatic nitrogens is 2. The summed E-state index contributed by atoms with van der Waals surface area (Å²) < 4.78 is 1.85. The maximum Gasteiger partial charge on any atom is 0.0522 e. The smallest absolute Gasteiger partial charge is 0.0522 e. The van der Waals surface area contributed by atoms with Crippen LogP contribution in [0.25, 0.3) is 0 Å². The average Bonchev–Trinajstić information content (AvgIpc) is 2.82. The number of rotatable bonds is 7. The number of benzene rings is 1. The van der Waals surface area contributed by atoms with Crippen LogP contribution in [-0.2, 0) is 26.4 Å². The molecule has 2 aromatic rings. The zero-order valence-corrected chi connectivity index (χ0v) is 12.8. The predicted octanol–water partition coefficient (Wildman–Crippen LogP) is 2.95. The highest BCUT2D eigenvalue weighted by Gasteiger charge is 1.99. The minimum Gasteiger partial charge on any atom is -0.312 e. The van der Waals surface area contributed by atoms with Crippen LogP contribution in [0, 0.1) is 5.92 Å². The number of aryl methyl sites for hydroxylation is 1. The van der Waals surface area contributed by atoms with Crippen molar-refractivity contribution in [2.75, 3.05) is 6.54 Å². The molecule has 3 nitrogen and oxygen atoms in total. The zero-order chi connectivity index (χ0) is 14.4. The summed E-state index contributed by atoms with van der Waals surface area (Å²) in [5.74, 6) is 0.721. The fourth-order valence-electron chi connectivity index (χ4n) is 2.33. The van der Waals surface area contributed by atoms with Crippen molar-refractivity contribution in [1.29, 1.82) is 0 Å². The summed E-state index contributed by atoms with van der Waals surface area (Å²) in [7, 11) is 1.95. The zero-order valence-electron chi connectivity index (χ0n) is 12.8. The summed E-state index contributed by atoms with van der Waals surface area (Å²) in [5.41, 5.74) is 4.06. The van der Waals surface area contributed by atoms with Crippen LogP contribution in [0.2, 0.25) is 0 Å². The number of hydrogen-bond donors (Lipinski definition) is 1. The molecular formula is C17H25N3. The molecule has 108 valence electrons. The number of nitrogens with one attached hydrogen (secondary N) is 1. The van der Waals surface area contributed by atoms with Gasteiger partial charge in [-0.15, -0.1) is 0 Å². The van der Waals surface area contributed by atoms with E-state index in [1.807, 2.05) is 17.9 Å². The Morgan fingerprint density at radius 1 is 1.10 bits per heavy atom. The number of hydrogen-bond acceptors (Lipinski definition) is 2. The van der Waals surface area contributed by atoms with E-state index >= 15 is 0 Å². The lowest BCUT2D eigenvalue weighted by molar-refractivity contribution is 0.646. The maximum atomic E-state index is 4.18. The van der Waals surface area contributed by atoms with Crippen LogP contribution >= 0.6 is 0 Å². The molecule has 20 heavy (non-hydrogen) atoms. The fourth-order valence-corrected chi connectivity index (χ4v) is 2.33. The van der Waals surface area contributed by atoms with Gasteiger partial charge >= 0.3 is 0 Å². The summed E-state index contributed by atoms with van der Waals surface area (Å²) in [6.45, 7) is 6.43. The standard InChI is InChI=1S/C17H25N3/c1-14(2)10-15-4-6-16(7-5-15)11-18-9-8-17-12-19-20(3)13-17/h4-7,12-14,18H,8-11H2,1-3H3. The summed E-state index contributed by atoms with van der Waals surface area (Å²) in [6.07, 6.45) is 6.19. The van der Waals surface area contributed by atoms with E-state index in [9.17, 15) is 0 Å². The molecule has 1 heterocycles. The maximum absolute atomic E-state index is 4.18. The molecule has 0 saturated heterocycles. The highest BCUT2D eigenvalue weighted by Crippen LogP contribution is 2.09. The Kier molecular flexibility index (Phi) is 5.36. The molecule has 0 aliphatic heterocycles. The molecule has 0 saturated carbocycles. The normalized spacial score (nSPS) is 11.2. The third-order valence-corrected chi connectivity index (χ3v) is 3.34. The van der Waals surface area contributed by atoms with Gasteiger partial charge in [0.2, 0.25) is 0 Å². The van der Waals surface area contributed by atoms with Crippen molar-refractivity contribution in [2.45, 2.75) is 33.2 Å². The van der Waals surface area contributed by atoms with E-state index in [4.69, 9.17) is 0 Å². The van der Waals surface area contributed by atoms with Gasteiger partial charge in [-0.25, -0.2) is 0 Å². The molecule has 3 heteroatoms. The molecule has 1 aromatic heterocycles. The van der Waals surface area contributed by atoms with E-state index < -0.39 is 0 Å². The molecule has 0 aliphatic rings. The lowest BCUT2D eigenvalue weighted by atomic mass is 10.0. The Morgan fingerprint density at radius 3 is 2.40 bits per heavy atom. The molecule has 0 spiro atoms.